The number of nitrogens with zero attached hydrogens (tertiary/aromatic N) is 2. The predicted octanol–water partition coefficient (Wildman–Crippen LogP) is 2.76. The van der Waals surface area contributed by atoms with Crippen LogP contribution in [0.2, 0.25) is 5.02 Å². The van der Waals surface area contributed by atoms with Gasteiger partial charge in [-0.05, 0) is 24.6 Å². The highest BCUT2D eigenvalue weighted by Crippen LogP contribution is 2.26. The standard InChI is InChI=1S/C11H11ClN4/c1-7-3-2-4-8(5-7)16-11-9(12)10(13)14-6-15-11/h2-6H,1H3,(H3,13,14,15,16). The molecule has 0 atom stereocenters. The van der Waals surface area contributed by atoms with Gasteiger partial charge in [0.1, 0.15) is 17.2 Å². The second kappa shape index (κ2) is 4.37. The van der Waals surface area contributed by atoms with Gasteiger partial charge in [-0.3, -0.25) is 0 Å². The van der Waals surface area contributed by atoms with E-state index in [1.807, 2.05) is 31.2 Å². The summed E-state index contributed by atoms with van der Waals surface area (Å²) < 4.78 is 0. The van der Waals surface area contributed by atoms with Crippen molar-refractivity contribution in [3.63, 3.8) is 0 Å². The Morgan fingerprint density at radius 2 is 2.12 bits per heavy atom. The molecule has 16 heavy (non-hydrogen) atoms. The third-order valence-corrected chi connectivity index (χ3v) is 2.47. The number of rotatable bonds is 2. The number of aromatic nitrogens is 2. The number of halogens is 1. The minimum absolute atomic E-state index is 0.270. The van der Waals surface area contributed by atoms with Gasteiger partial charge in [-0.25, -0.2) is 9.97 Å². The van der Waals surface area contributed by atoms with Gasteiger partial charge in [0, 0.05) is 5.69 Å². The van der Waals surface area contributed by atoms with Crippen molar-refractivity contribution in [3.05, 3.63) is 41.2 Å². The summed E-state index contributed by atoms with van der Waals surface area (Å²) in [6.07, 6.45) is 1.37. The minimum Gasteiger partial charge on any atom is -0.382 e. The highest BCUT2D eigenvalue weighted by Gasteiger charge is 2.06. The van der Waals surface area contributed by atoms with E-state index in [9.17, 15) is 0 Å². The topological polar surface area (TPSA) is 63.8 Å². The number of anilines is 3. The number of aryl methyl sites for hydroxylation is 1. The van der Waals surface area contributed by atoms with E-state index >= 15 is 0 Å². The highest BCUT2D eigenvalue weighted by molar-refractivity contribution is 6.35. The summed E-state index contributed by atoms with van der Waals surface area (Å²) in [6, 6.07) is 7.90. The first-order valence-corrected chi connectivity index (χ1v) is 5.14. The minimum atomic E-state index is 0.270. The van der Waals surface area contributed by atoms with Crippen LogP contribution in [0.4, 0.5) is 17.3 Å². The summed E-state index contributed by atoms with van der Waals surface area (Å²) in [7, 11) is 0. The number of hydrogen-bond acceptors (Lipinski definition) is 4. The molecule has 0 unspecified atom stereocenters. The van der Waals surface area contributed by atoms with Crippen LogP contribution >= 0.6 is 11.6 Å². The lowest BCUT2D eigenvalue weighted by Crippen LogP contribution is -1.99. The van der Waals surface area contributed by atoms with Crippen LogP contribution in [-0.4, -0.2) is 9.97 Å². The van der Waals surface area contributed by atoms with Crippen molar-refractivity contribution in [2.45, 2.75) is 6.92 Å². The van der Waals surface area contributed by atoms with Crippen molar-refractivity contribution in [3.8, 4) is 0 Å². The van der Waals surface area contributed by atoms with E-state index in [0.29, 0.717) is 10.8 Å². The number of hydrogen-bond donors (Lipinski definition) is 2. The number of benzene rings is 1. The number of nitrogens with two attached hydrogens (primary N) is 1. The SMILES string of the molecule is Cc1cccc(Nc2ncnc(N)c2Cl)c1. The quantitative estimate of drug-likeness (QED) is 0.839. The van der Waals surface area contributed by atoms with Gasteiger partial charge in [0.05, 0.1) is 0 Å². The molecule has 1 aromatic carbocycles. The van der Waals surface area contributed by atoms with Crippen molar-refractivity contribution in [2.24, 2.45) is 0 Å². The zero-order valence-electron chi connectivity index (χ0n) is 8.74. The highest BCUT2D eigenvalue weighted by atomic mass is 35.5. The lowest BCUT2D eigenvalue weighted by molar-refractivity contribution is 1.17. The van der Waals surface area contributed by atoms with Crippen LogP contribution in [0.25, 0.3) is 0 Å². The zero-order valence-corrected chi connectivity index (χ0v) is 9.49. The van der Waals surface area contributed by atoms with Gasteiger partial charge in [0.2, 0.25) is 0 Å². The molecule has 82 valence electrons. The van der Waals surface area contributed by atoms with Gasteiger partial charge in [0.25, 0.3) is 0 Å². The molecule has 2 aromatic rings. The summed E-state index contributed by atoms with van der Waals surface area (Å²) in [5, 5.41) is 3.43. The van der Waals surface area contributed by atoms with E-state index in [-0.39, 0.29) is 5.82 Å². The smallest absolute Gasteiger partial charge is 0.154 e. The van der Waals surface area contributed by atoms with E-state index in [1.54, 1.807) is 0 Å². The van der Waals surface area contributed by atoms with Crippen molar-refractivity contribution < 1.29 is 0 Å². The van der Waals surface area contributed by atoms with Crippen LogP contribution in [0.15, 0.2) is 30.6 Å². The Morgan fingerprint density at radius 1 is 1.31 bits per heavy atom. The molecule has 1 heterocycles. The molecule has 0 aliphatic rings. The molecule has 0 aliphatic heterocycles. The van der Waals surface area contributed by atoms with Gasteiger partial charge in [-0.15, -0.1) is 0 Å². The molecule has 5 heteroatoms. The largest absolute Gasteiger partial charge is 0.382 e. The predicted molar refractivity (Wildman–Crippen MR) is 65.9 cm³/mol. The van der Waals surface area contributed by atoms with Gasteiger partial charge in [0.15, 0.2) is 5.82 Å². The van der Waals surface area contributed by atoms with E-state index in [1.165, 1.54) is 6.33 Å². The third kappa shape index (κ3) is 2.23. The summed E-state index contributed by atoms with van der Waals surface area (Å²) >= 11 is 5.97. The van der Waals surface area contributed by atoms with E-state index in [2.05, 4.69) is 15.3 Å². The Kier molecular flexibility index (Phi) is 2.92. The molecule has 0 amide bonds. The first kappa shape index (κ1) is 10.7. The second-order valence-corrected chi connectivity index (χ2v) is 3.79. The van der Waals surface area contributed by atoms with Gasteiger partial charge in [-0.1, -0.05) is 23.7 Å². The molecule has 0 bridgehead atoms. The molecule has 0 spiro atoms. The average molecular weight is 235 g/mol. The van der Waals surface area contributed by atoms with Crippen molar-refractivity contribution in [1.82, 2.24) is 9.97 Å². The normalized spacial score (nSPS) is 10.1. The van der Waals surface area contributed by atoms with Crippen molar-refractivity contribution >= 4 is 28.9 Å². The molecular formula is C11H11ClN4. The van der Waals surface area contributed by atoms with Crippen LogP contribution in [0.3, 0.4) is 0 Å². The Balaban J connectivity index is 2.31. The molecule has 0 fully saturated rings. The first-order valence-electron chi connectivity index (χ1n) is 4.76. The van der Waals surface area contributed by atoms with Gasteiger partial charge in [-0.2, -0.15) is 0 Å². The second-order valence-electron chi connectivity index (χ2n) is 3.42. The van der Waals surface area contributed by atoms with Crippen LogP contribution in [0, 0.1) is 6.92 Å². The first-order chi connectivity index (χ1) is 7.66. The fourth-order valence-electron chi connectivity index (χ4n) is 1.33. The summed E-state index contributed by atoms with van der Waals surface area (Å²) in [4.78, 5) is 7.82. The van der Waals surface area contributed by atoms with Crippen LogP contribution in [-0.2, 0) is 0 Å². The van der Waals surface area contributed by atoms with Gasteiger partial charge >= 0.3 is 0 Å². The van der Waals surface area contributed by atoms with E-state index in [0.717, 1.165) is 11.3 Å². The molecule has 0 radical (unpaired) electrons. The molecule has 0 aliphatic carbocycles. The molecule has 4 nitrogen and oxygen atoms in total. The third-order valence-electron chi connectivity index (χ3n) is 2.10. The fraction of sp³-hybridized carbons (Fsp3) is 0.0909. The Hall–Kier alpha value is -1.81. The van der Waals surface area contributed by atoms with E-state index < -0.39 is 0 Å². The van der Waals surface area contributed by atoms with Crippen LogP contribution < -0.4 is 11.1 Å². The monoisotopic (exact) mass is 234 g/mol. The van der Waals surface area contributed by atoms with Crippen LogP contribution in [0.5, 0.6) is 0 Å². The summed E-state index contributed by atoms with van der Waals surface area (Å²) in [5.41, 5.74) is 7.65. The Labute approximate surface area is 98.5 Å². The maximum absolute atomic E-state index is 5.97. The number of nitrogen functional groups attached to an aromatic ring is 1. The van der Waals surface area contributed by atoms with Crippen molar-refractivity contribution in [2.75, 3.05) is 11.1 Å². The molecule has 0 saturated carbocycles. The Morgan fingerprint density at radius 3 is 2.88 bits per heavy atom. The maximum Gasteiger partial charge on any atom is 0.154 e. The summed E-state index contributed by atoms with van der Waals surface area (Å²) in [5.74, 6) is 0.784. The maximum atomic E-state index is 5.97. The fourth-order valence-corrected chi connectivity index (χ4v) is 1.47. The molecule has 0 saturated heterocycles. The Bertz CT molecular complexity index is 513. The van der Waals surface area contributed by atoms with E-state index in [4.69, 9.17) is 17.3 Å². The average Bonchev–Trinajstić information content (AvgIpc) is 2.25. The number of nitrogens with one attached hydrogen (secondary N) is 1. The lowest BCUT2D eigenvalue weighted by atomic mass is 10.2. The molecule has 1 aromatic heterocycles. The molecule has 2 rings (SSSR count). The van der Waals surface area contributed by atoms with Crippen LogP contribution in [0.1, 0.15) is 5.56 Å². The molecular weight excluding hydrogens is 224 g/mol. The van der Waals surface area contributed by atoms with Crippen molar-refractivity contribution in [1.29, 1.82) is 0 Å². The zero-order chi connectivity index (χ0) is 11.5. The van der Waals surface area contributed by atoms with Gasteiger partial charge < -0.3 is 11.1 Å². The summed E-state index contributed by atoms with van der Waals surface area (Å²) in [6.45, 7) is 2.02. The lowest BCUT2D eigenvalue weighted by Gasteiger charge is -2.08. The molecule has 3 N–H and O–H groups in total.